The topological polar surface area (TPSA) is 99.8 Å². The summed E-state index contributed by atoms with van der Waals surface area (Å²) in [5.74, 6) is 1.55. The van der Waals surface area contributed by atoms with Crippen LogP contribution in [0.1, 0.15) is 48.2 Å². The number of hydrogen-bond acceptors (Lipinski definition) is 6. The smallest absolute Gasteiger partial charge is 0.253 e. The second-order valence-corrected chi connectivity index (χ2v) is 11.0. The van der Waals surface area contributed by atoms with Gasteiger partial charge in [-0.05, 0) is 61.1 Å². The molecule has 0 bridgehead atoms. The van der Waals surface area contributed by atoms with E-state index in [1.165, 1.54) is 12.8 Å². The van der Waals surface area contributed by atoms with Crippen LogP contribution in [-0.2, 0) is 9.53 Å². The van der Waals surface area contributed by atoms with Crippen LogP contribution in [0.5, 0.6) is 5.75 Å². The van der Waals surface area contributed by atoms with Crippen LogP contribution in [-0.4, -0.2) is 79.5 Å². The molecule has 2 aromatic carbocycles. The van der Waals surface area contributed by atoms with Gasteiger partial charge in [0, 0.05) is 52.5 Å². The number of nitrogens with zero attached hydrogens (tertiary/aromatic N) is 3. The lowest BCUT2D eigenvalue weighted by Gasteiger charge is -2.37. The third kappa shape index (κ3) is 5.45. The number of aromatic amines is 1. The van der Waals surface area contributed by atoms with Crippen molar-refractivity contribution < 1.29 is 19.1 Å². The third-order valence-electron chi connectivity index (χ3n) is 8.21. The zero-order valence-corrected chi connectivity index (χ0v) is 22.8. The molecule has 3 aliphatic rings. The lowest BCUT2D eigenvalue weighted by atomic mass is 9.99. The largest absolute Gasteiger partial charge is 0.489 e. The van der Waals surface area contributed by atoms with Crippen molar-refractivity contribution in [3.63, 3.8) is 0 Å². The van der Waals surface area contributed by atoms with E-state index < -0.39 is 0 Å². The van der Waals surface area contributed by atoms with Crippen molar-refractivity contribution in [2.24, 2.45) is 5.92 Å². The summed E-state index contributed by atoms with van der Waals surface area (Å²) in [6.45, 7) is 6.14. The van der Waals surface area contributed by atoms with Crippen molar-refractivity contribution in [1.29, 1.82) is 0 Å². The lowest BCUT2D eigenvalue weighted by molar-refractivity contribution is -0.131. The number of anilines is 1. The average molecular weight is 532 g/mol. The van der Waals surface area contributed by atoms with Crippen molar-refractivity contribution in [1.82, 2.24) is 20.4 Å². The van der Waals surface area contributed by atoms with E-state index in [1.54, 1.807) is 7.05 Å². The summed E-state index contributed by atoms with van der Waals surface area (Å²) in [5, 5.41) is 11.4. The molecular weight excluding hydrogens is 494 g/mol. The minimum absolute atomic E-state index is 0.108. The first-order valence-corrected chi connectivity index (χ1v) is 14.1. The molecule has 1 aromatic heterocycles. The summed E-state index contributed by atoms with van der Waals surface area (Å²) < 4.78 is 12.0. The van der Waals surface area contributed by atoms with Gasteiger partial charge in [0.25, 0.3) is 5.91 Å². The van der Waals surface area contributed by atoms with Crippen LogP contribution in [0.2, 0.25) is 0 Å². The van der Waals surface area contributed by atoms with Crippen molar-refractivity contribution in [3.05, 3.63) is 41.6 Å². The number of aromatic nitrogens is 2. The number of carbonyl (C=O) groups excluding carboxylic acids is 2. The Bertz CT molecular complexity index is 1370. The minimum atomic E-state index is -0.119. The van der Waals surface area contributed by atoms with Gasteiger partial charge in [-0.2, -0.15) is 5.10 Å². The molecule has 3 heterocycles. The molecule has 39 heavy (non-hydrogen) atoms. The molecule has 1 aliphatic carbocycles. The number of nitrogens with one attached hydrogen (secondary N) is 2. The predicted octanol–water partition coefficient (Wildman–Crippen LogP) is 3.90. The van der Waals surface area contributed by atoms with Gasteiger partial charge in [0.15, 0.2) is 0 Å². The van der Waals surface area contributed by atoms with Gasteiger partial charge in [-0.1, -0.05) is 6.07 Å². The van der Waals surface area contributed by atoms with Gasteiger partial charge in [-0.3, -0.25) is 14.7 Å². The molecule has 6 rings (SSSR count). The summed E-state index contributed by atoms with van der Waals surface area (Å²) in [7, 11) is 1.66. The van der Waals surface area contributed by atoms with Crippen LogP contribution < -0.4 is 15.0 Å². The molecule has 2 saturated heterocycles. The molecule has 1 saturated carbocycles. The van der Waals surface area contributed by atoms with Crippen LogP contribution >= 0.6 is 0 Å². The first-order chi connectivity index (χ1) is 19.0. The number of carbonyl (C=O) groups is 2. The number of piperazine rings is 1. The maximum atomic E-state index is 12.8. The summed E-state index contributed by atoms with van der Waals surface area (Å²) in [6, 6.07) is 10.2. The molecule has 206 valence electrons. The van der Waals surface area contributed by atoms with Crippen LogP contribution in [0.4, 0.5) is 5.69 Å². The number of amides is 2. The number of rotatable bonds is 7. The maximum Gasteiger partial charge on any atom is 0.253 e. The number of benzene rings is 2. The highest BCUT2D eigenvalue weighted by Crippen LogP contribution is 2.37. The highest BCUT2D eigenvalue weighted by molar-refractivity contribution is 6.01. The van der Waals surface area contributed by atoms with E-state index >= 15 is 0 Å². The monoisotopic (exact) mass is 531 g/mol. The zero-order chi connectivity index (χ0) is 26.9. The molecule has 0 atom stereocenters. The Labute approximate surface area is 228 Å². The summed E-state index contributed by atoms with van der Waals surface area (Å²) in [5.41, 5.74) is 5.34. The standard InChI is InChI=1S/C30H37N5O4/c1-19-29-25(33-32-19)16-22(18-27(29)39-23-7-13-38-14-8-23)21-5-6-24(30(37)31-2)26(17-21)34-9-11-35(12-10-34)28(36)15-20-3-4-20/h5-6,16-18,20,23H,3-4,7-15H2,1-2H3,(H,31,37)(H,32,33). The van der Waals surface area contributed by atoms with E-state index in [2.05, 4.69) is 38.6 Å². The van der Waals surface area contributed by atoms with E-state index in [4.69, 9.17) is 9.47 Å². The summed E-state index contributed by atoms with van der Waals surface area (Å²) in [4.78, 5) is 29.7. The van der Waals surface area contributed by atoms with Gasteiger partial charge in [0.1, 0.15) is 11.9 Å². The van der Waals surface area contributed by atoms with Gasteiger partial charge in [0.05, 0.1) is 41.1 Å². The highest BCUT2D eigenvalue weighted by atomic mass is 16.5. The predicted molar refractivity (Wildman–Crippen MR) is 150 cm³/mol. The molecule has 0 spiro atoms. The second kappa shape index (κ2) is 10.9. The van der Waals surface area contributed by atoms with Crippen LogP contribution in [0.25, 0.3) is 22.0 Å². The molecule has 0 unspecified atom stereocenters. The number of fused-ring (bicyclic) bond motifs is 1. The SMILES string of the molecule is CNC(=O)c1ccc(-c2cc(OC3CCOCC3)c3c(C)n[nH]c3c2)cc1N1CCN(C(=O)CC2CC2)CC1. The molecule has 9 heteroatoms. The number of ether oxygens (including phenoxy) is 2. The van der Waals surface area contributed by atoms with Gasteiger partial charge in [-0.15, -0.1) is 0 Å². The van der Waals surface area contributed by atoms with E-state index in [0.29, 0.717) is 57.3 Å². The molecule has 3 fully saturated rings. The quantitative estimate of drug-likeness (QED) is 0.480. The highest BCUT2D eigenvalue weighted by Gasteiger charge is 2.29. The van der Waals surface area contributed by atoms with Crippen molar-refractivity contribution in [2.45, 2.75) is 45.1 Å². The molecule has 3 aromatic rings. The molecule has 2 aliphatic heterocycles. The molecular formula is C30H37N5O4. The fourth-order valence-electron chi connectivity index (χ4n) is 5.70. The van der Waals surface area contributed by atoms with Crippen LogP contribution in [0, 0.1) is 12.8 Å². The molecule has 9 nitrogen and oxygen atoms in total. The Morgan fingerprint density at radius 3 is 2.54 bits per heavy atom. The molecule has 2 N–H and O–H groups in total. The Kier molecular flexibility index (Phi) is 7.16. The average Bonchev–Trinajstić information content (AvgIpc) is 3.71. The van der Waals surface area contributed by atoms with Crippen LogP contribution in [0.15, 0.2) is 30.3 Å². The lowest BCUT2D eigenvalue weighted by Crippen LogP contribution is -2.49. The Morgan fingerprint density at radius 2 is 1.82 bits per heavy atom. The van der Waals surface area contributed by atoms with Crippen molar-refractivity contribution in [3.8, 4) is 16.9 Å². The zero-order valence-electron chi connectivity index (χ0n) is 22.8. The second-order valence-electron chi connectivity index (χ2n) is 11.0. The number of aryl methyl sites for hydroxylation is 1. The van der Waals surface area contributed by atoms with Crippen molar-refractivity contribution in [2.75, 3.05) is 51.3 Å². The summed E-state index contributed by atoms with van der Waals surface area (Å²) in [6.07, 6.45) is 4.87. The van der Waals surface area contributed by atoms with Gasteiger partial charge in [0.2, 0.25) is 5.91 Å². The van der Waals surface area contributed by atoms with Crippen molar-refractivity contribution >= 4 is 28.4 Å². The Hall–Kier alpha value is -3.59. The number of hydrogen-bond donors (Lipinski definition) is 2. The minimum Gasteiger partial charge on any atom is -0.489 e. The normalized spacial score (nSPS) is 18.4. The van der Waals surface area contributed by atoms with Gasteiger partial charge < -0.3 is 24.6 Å². The first kappa shape index (κ1) is 25.7. The van der Waals surface area contributed by atoms with E-state index in [1.807, 2.05) is 24.0 Å². The van der Waals surface area contributed by atoms with E-state index in [0.717, 1.165) is 52.0 Å². The van der Waals surface area contributed by atoms with Gasteiger partial charge in [-0.25, -0.2) is 0 Å². The van der Waals surface area contributed by atoms with E-state index in [-0.39, 0.29) is 17.9 Å². The van der Waals surface area contributed by atoms with E-state index in [9.17, 15) is 9.59 Å². The van der Waals surface area contributed by atoms with Crippen LogP contribution in [0.3, 0.4) is 0 Å². The van der Waals surface area contributed by atoms with Gasteiger partial charge >= 0.3 is 0 Å². The molecule has 2 amide bonds. The Balaban J connectivity index is 1.31. The number of H-pyrrole nitrogens is 1. The maximum absolute atomic E-state index is 12.8. The first-order valence-electron chi connectivity index (χ1n) is 14.1. The third-order valence-corrected chi connectivity index (χ3v) is 8.21. The fraction of sp³-hybridized carbons (Fsp3) is 0.500. The Morgan fingerprint density at radius 1 is 1.05 bits per heavy atom. The summed E-state index contributed by atoms with van der Waals surface area (Å²) >= 11 is 0. The molecule has 0 radical (unpaired) electrons. The fourth-order valence-corrected chi connectivity index (χ4v) is 5.70.